The monoisotopic (exact) mass is 398 g/mol. The highest BCUT2D eigenvalue weighted by Gasteiger charge is 2.21. The molecule has 2 atom stereocenters. The molecule has 1 saturated heterocycles. The number of para-hydroxylation sites is 1. The first kappa shape index (κ1) is 21.6. The molecule has 158 valence electrons. The maximum Gasteiger partial charge on any atom is 0.122 e. The summed E-state index contributed by atoms with van der Waals surface area (Å²) in [6, 6.07) is 16.5. The highest BCUT2D eigenvalue weighted by molar-refractivity contribution is 5.46. The van der Waals surface area contributed by atoms with Gasteiger partial charge in [0.25, 0.3) is 0 Å². The minimum absolute atomic E-state index is 0.250. The van der Waals surface area contributed by atoms with Crippen molar-refractivity contribution < 1.29 is 14.6 Å². The molecule has 1 aliphatic heterocycles. The number of anilines is 1. The molecule has 3 rings (SSSR count). The molecule has 1 heterocycles. The largest absolute Gasteiger partial charge is 0.491 e. The molecule has 0 spiro atoms. The van der Waals surface area contributed by atoms with Crippen molar-refractivity contribution >= 4 is 5.69 Å². The van der Waals surface area contributed by atoms with Crippen molar-refractivity contribution in [3.8, 4) is 5.75 Å². The van der Waals surface area contributed by atoms with Gasteiger partial charge in [-0.3, -0.25) is 4.90 Å². The molecule has 1 fully saturated rings. The molecule has 5 heteroatoms. The smallest absolute Gasteiger partial charge is 0.122 e. The minimum Gasteiger partial charge on any atom is -0.491 e. The summed E-state index contributed by atoms with van der Waals surface area (Å²) in [5.74, 6) is 0.830. The summed E-state index contributed by atoms with van der Waals surface area (Å²) in [7, 11) is 4.09. The average Bonchev–Trinajstić information content (AvgIpc) is 3.21. The molecule has 2 aromatic rings. The van der Waals surface area contributed by atoms with Gasteiger partial charge in [-0.25, -0.2) is 0 Å². The van der Waals surface area contributed by atoms with E-state index < -0.39 is 6.10 Å². The summed E-state index contributed by atoms with van der Waals surface area (Å²) < 4.78 is 11.7. The molecule has 0 radical (unpaired) electrons. The highest BCUT2D eigenvalue weighted by Crippen LogP contribution is 2.19. The van der Waals surface area contributed by atoms with Crippen LogP contribution in [0.25, 0.3) is 0 Å². The SMILES string of the molecule is Cc1ccccc1OCC(O)CN(Cc1ccc(N(C)C)cc1)CC1CCCO1. The lowest BCUT2D eigenvalue weighted by molar-refractivity contribution is 0.0313. The van der Waals surface area contributed by atoms with E-state index in [4.69, 9.17) is 9.47 Å². The maximum absolute atomic E-state index is 10.6. The van der Waals surface area contributed by atoms with E-state index in [1.54, 1.807) is 0 Å². The lowest BCUT2D eigenvalue weighted by Crippen LogP contribution is -2.39. The lowest BCUT2D eigenvalue weighted by Gasteiger charge is -2.28. The second-order valence-corrected chi connectivity index (χ2v) is 8.12. The van der Waals surface area contributed by atoms with E-state index in [1.165, 1.54) is 11.3 Å². The van der Waals surface area contributed by atoms with Gasteiger partial charge in [-0.2, -0.15) is 0 Å². The van der Waals surface area contributed by atoms with Crippen LogP contribution in [0.2, 0.25) is 0 Å². The topological polar surface area (TPSA) is 45.2 Å². The molecular weight excluding hydrogens is 364 g/mol. The van der Waals surface area contributed by atoms with Crippen molar-refractivity contribution in [3.05, 3.63) is 59.7 Å². The van der Waals surface area contributed by atoms with Gasteiger partial charge in [-0.1, -0.05) is 30.3 Å². The molecule has 2 unspecified atom stereocenters. The van der Waals surface area contributed by atoms with Gasteiger partial charge in [0.1, 0.15) is 18.5 Å². The van der Waals surface area contributed by atoms with E-state index >= 15 is 0 Å². The van der Waals surface area contributed by atoms with Crippen LogP contribution in [-0.4, -0.2) is 62.6 Å². The van der Waals surface area contributed by atoms with Crippen molar-refractivity contribution in [2.45, 2.75) is 38.5 Å². The highest BCUT2D eigenvalue weighted by atomic mass is 16.5. The van der Waals surface area contributed by atoms with Crippen LogP contribution in [0.1, 0.15) is 24.0 Å². The fourth-order valence-electron chi connectivity index (χ4n) is 3.69. The molecule has 1 aliphatic rings. The van der Waals surface area contributed by atoms with E-state index in [0.29, 0.717) is 6.54 Å². The molecule has 1 N–H and O–H groups in total. The summed E-state index contributed by atoms with van der Waals surface area (Å²) in [5.41, 5.74) is 3.50. The number of ether oxygens (including phenoxy) is 2. The van der Waals surface area contributed by atoms with Gasteiger partial charge in [0.2, 0.25) is 0 Å². The van der Waals surface area contributed by atoms with Crippen molar-refractivity contribution in [1.82, 2.24) is 4.90 Å². The Morgan fingerprint density at radius 1 is 1.14 bits per heavy atom. The predicted octanol–water partition coefficient (Wildman–Crippen LogP) is 3.48. The molecule has 0 bridgehead atoms. The van der Waals surface area contributed by atoms with Crippen molar-refractivity contribution in [3.63, 3.8) is 0 Å². The maximum atomic E-state index is 10.6. The Bertz CT molecular complexity index is 742. The number of aliphatic hydroxyl groups is 1. The number of aryl methyl sites for hydroxylation is 1. The van der Waals surface area contributed by atoms with Gasteiger partial charge in [0.15, 0.2) is 0 Å². The zero-order valence-electron chi connectivity index (χ0n) is 17.9. The van der Waals surface area contributed by atoms with Gasteiger partial charge < -0.3 is 19.5 Å². The minimum atomic E-state index is -0.558. The van der Waals surface area contributed by atoms with Crippen LogP contribution >= 0.6 is 0 Å². The summed E-state index contributed by atoms with van der Waals surface area (Å²) in [6.07, 6.45) is 1.90. The Morgan fingerprint density at radius 2 is 1.90 bits per heavy atom. The van der Waals surface area contributed by atoms with Crippen molar-refractivity contribution in [2.75, 3.05) is 45.3 Å². The first-order valence-corrected chi connectivity index (χ1v) is 10.5. The normalized spacial score (nSPS) is 17.5. The fraction of sp³-hybridized carbons (Fsp3) is 0.500. The summed E-state index contributed by atoms with van der Waals surface area (Å²) in [5, 5.41) is 10.6. The van der Waals surface area contributed by atoms with E-state index in [1.807, 2.05) is 45.3 Å². The van der Waals surface area contributed by atoms with E-state index in [2.05, 4.69) is 34.1 Å². The molecule has 5 nitrogen and oxygen atoms in total. The van der Waals surface area contributed by atoms with Gasteiger partial charge >= 0.3 is 0 Å². The average molecular weight is 399 g/mol. The predicted molar refractivity (Wildman–Crippen MR) is 118 cm³/mol. The molecule has 0 aromatic heterocycles. The van der Waals surface area contributed by atoms with E-state index in [0.717, 1.165) is 43.9 Å². The number of hydrogen-bond donors (Lipinski definition) is 1. The van der Waals surface area contributed by atoms with Crippen LogP contribution in [0.5, 0.6) is 5.75 Å². The molecule has 2 aromatic carbocycles. The van der Waals surface area contributed by atoms with Crippen LogP contribution in [0, 0.1) is 6.92 Å². The van der Waals surface area contributed by atoms with E-state index in [-0.39, 0.29) is 12.7 Å². The number of nitrogens with zero attached hydrogens (tertiary/aromatic N) is 2. The standard InChI is InChI=1S/C24H34N2O3/c1-19-7-4-5-9-24(19)29-18-22(27)16-26(17-23-8-6-14-28-23)15-20-10-12-21(13-11-20)25(2)3/h4-5,7,9-13,22-23,27H,6,8,14-18H2,1-3H3. The Balaban J connectivity index is 1.59. The van der Waals surface area contributed by atoms with E-state index in [9.17, 15) is 5.11 Å². The summed E-state index contributed by atoms with van der Waals surface area (Å²) in [4.78, 5) is 4.38. The van der Waals surface area contributed by atoms with Crippen molar-refractivity contribution in [2.24, 2.45) is 0 Å². The number of rotatable bonds is 10. The van der Waals surface area contributed by atoms with Crippen LogP contribution in [-0.2, 0) is 11.3 Å². The molecule has 0 amide bonds. The fourth-order valence-corrected chi connectivity index (χ4v) is 3.69. The van der Waals surface area contributed by atoms with Gasteiger partial charge in [-0.15, -0.1) is 0 Å². The lowest BCUT2D eigenvalue weighted by atomic mass is 10.1. The van der Waals surface area contributed by atoms with Gasteiger partial charge in [-0.05, 0) is 49.1 Å². The van der Waals surface area contributed by atoms with Crippen molar-refractivity contribution in [1.29, 1.82) is 0 Å². The molecule has 0 saturated carbocycles. The Hall–Kier alpha value is -2.08. The first-order valence-electron chi connectivity index (χ1n) is 10.5. The number of benzene rings is 2. The van der Waals surface area contributed by atoms with Crippen LogP contribution in [0.4, 0.5) is 5.69 Å². The van der Waals surface area contributed by atoms with Gasteiger partial charge in [0.05, 0.1) is 6.10 Å². The first-order chi connectivity index (χ1) is 14.0. The molecular formula is C24H34N2O3. The van der Waals surface area contributed by atoms with Crippen LogP contribution < -0.4 is 9.64 Å². The second-order valence-electron chi connectivity index (χ2n) is 8.12. The zero-order valence-corrected chi connectivity index (χ0v) is 17.9. The third-order valence-corrected chi connectivity index (χ3v) is 5.34. The van der Waals surface area contributed by atoms with Crippen LogP contribution in [0.3, 0.4) is 0 Å². The Kier molecular flexibility index (Phi) is 7.92. The second kappa shape index (κ2) is 10.6. The zero-order chi connectivity index (χ0) is 20.6. The molecule has 0 aliphatic carbocycles. The Labute approximate surface area is 174 Å². The third kappa shape index (κ3) is 6.74. The molecule has 29 heavy (non-hydrogen) atoms. The van der Waals surface area contributed by atoms with Crippen LogP contribution in [0.15, 0.2) is 48.5 Å². The summed E-state index contributed by atoms with van der Waals surface area (Å²) in [6.45, 7) is 5.32. The third-order valence-electron chi connectivity index (χ3n) is 5.34. The summed E-state index contributed by atoms with van der Waals surface area (Å²) >= 11 is 0. The Morgan fingerprint density at radius 3 is 2.55 bits per heavy atom. The number of aliphatic hydroxyl groups excluding tert-OH is 1. The quantitative estimate of drug-likeness (QED) is 0.664. The number of hydrogen-bond acceptors (Lipinski definition) is 5. The van der Waals surface area contributed by atoms with Gasteiger partial charge in [0, 0.05) is 46.0 Å².